The largest absolute Gasteiger partial charge is 0.496 e. The van der Waals surface area contributed by atoms with E-state index in [4.69, 9.17) is 9.57 Å². The highest BCUT2D eigenvalue weighted by Crippen LogP contribution is 2.28. The summed E-state index contributed by atoms with van der Waals surface area (Å²) in [7, 11) is 1.66. The third-order valence-electron chi connectivity index (χ3n) is 4.66. The van der Waals surface area contributed by atoms with E-state index in [0.29, 0.717) is 17.8 Å². The second-order valence-electron chi connectivity index (χ2n) is 6.66. The van der Waals surface area contributed by atoms with Gasteiger partial charge in [-0.1, -0.05) is 27.2 Å². The summed E-state index contributed by atoms with van der Waals surface area (Å²) < 4.78 is 7.39. The van der Waals surface area contributed by atoms with Crippen molar-refractivity contribution in [3.8, 4) is 5.75 Å². The van der Waals surface area contributed by atoms with Gasteiger partial charge in [-0.05, 0) is 59.8 Å². The summed E-state index contributed by atoms with van der Waals surface area (Å²) >= 11 is 4.94. The predicted molar refractivity (Wildman–Crippen MR) is 116 cm³/mol. The van der Waals surface area contributed by atoms with Crippen molar-refractivity contribution < 1.29 is 14.4 Å². The molecule has 1 amide bonds. The predicted octanol–water partition coefficient (Wildman–Crippen LogP) is 4.90. The summed E-state index contributed by atoms with van der Waals surface area (Å²) in [6.07, 6.45) is 0.496. The van der Waals surface area contributed by atoms with Crippen LogP contribution >= 0.6 is 27.3 Å². The molecule has 0 radical (unpaired) electrons. The summed E-state index contributed by atoms with van der Waals surface area (Å²) in [5, 5.41) is 8.23. The molecule has 1 aromatic heterocycles. The molecule has 0 bridgehead atoms. The molecule has 0 saturated heterocycles. The van der Waals surface area contributed by atoms with Crippen LogP contribution in [0.25, 0.3) is 10.1 Å². The number of amides is 1. The van der Waals surface area contributed by atoms with Crippen LogP contribution in [0.2, 0.25) is 0 Å². The molecule has 2 heterocycles. The van der Waals surface area contributed by atoms with Crippen molar-refractivity contribution in [3.05, 3.63) is 62.9 Å². The van der Waals surface area contributed by atoms with Gasteiger partial charge in [0.25, 0.3) is 5.91 Å². The number of aryl methyl sites for hydroxylation is 1. The number of carbonyl (C=O) groups is 1. The quantitative estimate of drug-likeness (QED) is 0.590. The Morgan fingerprint density at radius 1 is 1.32 bits per heavy atom. The zero-order chi connectivity index (χ0) is 19.7. The lowest BCUT2D eigenvalue weighted by atomic mass is 10.0. The second-order valence-corrected chi connectivity index (χ2v) is 8.66. The van der Waals surface area contributed by atoms with Crippen molar-refractivity contribution in [1.29, 1.82) is 0 Å². The third kappa shape index (κ3) is 3.91. The number of carbonyl (C=O) groups excluding carboxylic acids is 1. The summed E-state index contributed by atoms with van der Waals surface area (Å²) in [5.74, 6) is 0.761. The van der Waals surface area contributed by atoms with Crippen LogP contribution in [-0.4, -0.2) is 31.4 Å². The molecular weight excluding hydrogens is 440 g/mol. The third-order valence-corrected chi connectivity index (χ3v) is 6.25. The van der Waals surface area contributed by atoms with E-state index < -0.39 is 0 Å². The van der Waals surface area contributed by atoms with Gasteiger partial charge in [0.05, 0.1) is 24.2 Å². The van der Waals surface area contributed by atoms with Crippen LogP contribution in [0.5, 0.6) is 5.75 Å². The molecule has 1 aliphatic heterocycles. The van der Waals surface area contributed by atoms with E-state index in [-0.39, 0.29) is 12.0 Å². The van der Waals surface area contributed by atoms with Gasteiger partial charge in [0.1, 0.15) is 11.9 Å². The highest BCUT2D eigenvalue weighted by Gasteiger charge is 2.23. The van der Waals surface area contributed by atoms with Gasteiger partial charge in [-0.2, -0.15) is 0 Å². The van der Waals surface area contributed by atoms with Crippen molar-refractivity contribution in [2.45, 2.75) is 19.4 Å². The zero-order valence-electron chi connectivity index (χ0n) is 15.5. The SMILES string of the molecule is COc1ccc(C2=NOC(CNC(=O)c3cc4ccc(Br)cc4s3)C2)cc1C. The number of benzene rings is 2. The number of hydrogen-bond acceptors (Lipinski definition) is 5. The summed E-state index contributed by atoms with van der Waals surface area (Å²) in [6.45, 7) is 2.42. The molecule has 1 N–H and O–H groups in total. The minimum Gasteiger partial charge on any atom is -0.496 e. The molecule has 0 saturated carbocycles. The minimum atomic E-state index is -0.162. The number of hydrogen-bond donors (Lipinski definition) is 1. The fourth-order valence-corrected chi connectivity index (χ4v) is 4.71. The van der Waals surface area contributed by atoms with Crippen molar-refractivity contribution in [2.24, 2.45) is 5.16 Å². The average molecular weight is 459 g/mol. The lowest BCUT2D eigenvalue weighted by molar-refractivity contribution is 0.0756. The molecule has 4 rings (SSSR count). The number of fused-ring (bicyclic) bond motifs is 1. The van der Waals surface area contributed by atoms with Crippen LogP contribution in [0.1, 0.15) is 27.2 Å². The van der Waals surface area contributed by atoms with Crippen LogP contribution < -0.4 is 10.1 Å². The van der Waals surface area contributed by atoms with Gasteiger partial charge in [0.15, 0.2) is 0 Å². The first-order chi connectivity index (χ1) is 13.5. The Labute approximate surface area is 175 Å². The van der Waals surface area contributed by atoms with Crippen LogP contribution in [0.15, 0.2) is 52.1 Å². The first kappa shape index (κ1) is 19.0. The Hall–Kier alpha value is -2.38. The molecule has 28 heavy (non-hydrogen) atoms. The van der Waals surface area contributed by atoms with E-state index >= 15 is 0 Å². The monoisotopic (exact) mass is 458 g/mol. The van der Waals surface area contributed by atoms with Gasteiger partial charge in [-0.3, -0.25) is 4.79 Å². The number of halogens is 1. The zero-order valence-corrected chi connectivity index (χ0v) is 17.9. The maximum absolute atomic E-state index is 12.5. The Morgan fingerprint density at radius 3 is 2.96 bits per heavy atom. The molecular formula is C21H19BrN2O3S. The van der Waals surface area contributed by atoms with E-state index in [1.807, 2.05) is 49.4 Å². The molecule has 7 heteroatoms. The fourth-order valence-electron chi connectivity index (χ4n) is 3.18. The Bertz CT molecular complexity index is 1080. The van der Waals surface area contributed by atoms with Crippen LogP contribution in [-0.2, 0) is 4.84 Å². The number of thiophene rings is 1. The maximum Gasteiger partial charge on any atom is 0.261 e. The lowest BCUT2D eigenvalue weighted by Gasteiger charge is -2.09. The highest BCUT2D eigenvalue weighted by molar-refractivity contribution is 9.10. The Balaban J connectivity index is 1.35. The lowest BCUT2D eigenvalue weighted by Crippen LogP contribution is -2.31. The molecule has 2 aromatic carbocycles. The van der Waals surface area contributed by atoms with Crippen molar-refractivity contribution in [3.63, 3.8) is 0 Å². The van der Waals surface area contributed by atoms with Gasteiger partial charge in [0.2, 0.25) is 0 Å². The van der Waals surface area contributed by atoms with Gasteiger partial charge in [-0.15, -0.1) is 11.3 Å². The van der Waals surface area contributed by atoms with E-state index in [2.05, 4.69) is 26.4 Å². The van der Waals surface area contributed by atoms with Gasteiger partial charge in [0, 0.05) is 15.6 Å². The van der Waals surface area contributed by atoms with Gasteiger partial charge >= 0.3 is 0 Å². The topological polar surface area (TPSA) is 59.9 Å². The van der Waals surface area contributed by atoms with E-state index in [9.17, 15) is 4.79 Å². The average Bonchev–Trinajstić information content (AvgIpc) is 3.32. The molecule has 1 aliphatic rings. The molecule has 144 valence electrons. The number of nitrogens with one attached hydrogen (secondary N) is 1. The maximum atomic E-state index is 12.5. The summed E-state index contributed by atoms with van der Waals surface area (Å²) in [6, 6.07) is 13.9. The molecule has 3 aromatic rings. The number of rotatable bonds is 5. The van der Waals surface area contributed by atoms with Crippen molar-refractivity contribution in [2.75, 3.05) is 13.7 Å². The molecule has 0 fully saturated rings. The smallest absolute Gasteiger partial charge is 0.261 e. The number of oxime groups is 1. The second kappa shape index (κ2) is 7.93. The standard InChI is InChI=1S/C21H19BrN2O3S/c1-12-7-13(4-6-18(12)26-2)17-10-16(27-24-17)11-23-21(25)20-8-14-3-5-15(22)9-19(14)28-20/h3-9,16H,10-11H2,1-2H3,(H,23,25). The number of ether oxygens (including phenoxy) is 1. The van der Waals surface area contributed by atoms with Crippen molar-refractivity contribution >= 4 is 49.0 Å². The van der Waals surface area contributed by atoms with Crippen LogP contribution in [0.3, 0.4) is 0 Å². The van der Waals surface area contributed by atoms with E-state index in [1.165, 1.54) is 11.3 Å². The van der Waals surface area contributed by atoms with E-state index in [0.717, 1.165) is 37.1 Å². The number of nitrogens with zero attached hydrogens (tertiary/aromatic N) is 1. The van der Waals surface area contributed by atoms with Gasteiger partial charge in [-0.25, -0.2) is 0 Å². The molecule has 1 unspecified atom stereocenters. The van der Waals surface area contributed by atoms with Crippen LogP contribution in [0.4, 0.5) is 0 Å². The van der Waals surface area contributed by atoms with Crippen LogP contribution in [0, 0.1) is 6.92 Å². The number of methoxy groups -OCH3 is 1. The summed E-state index contributed by atoms with van der Waals surface area (Å²) in [5.41, 5.74) is 2.95. The van der Waals surface area contributed by atoms with Gasteiger partial charge < -0.3 is 14.9 Å². The first-order valence-corrected chi connectivity index (χ1v) is 10.5. The van der Waals surface area contributed by atoms with E-state index in [1.54, 1.807) is 7.11 Å². The summed E-state index contributed by atoms with van der Waals surface area (Å²) in [4.78, 5) is 18.7. The molecule has 5 nitrogen and oxygen atoms in total. The molecule has 0 spiro atoms. The highest BCUT2D eigenvalue weighted by atomic mass is 79.9. The Morgan fingerprint density at radius 2 is 2.18 bits per heavy atom. The normalized spacial score (nSPS) is 16.0. The minimum absolute atomic E-state index is 0.0883. The van der Waals surface area contributed by atoms with Crippen molar-refractivity contribution in [1.82, 2.24) is 5.32 Å². The fraction of sp³-hybridized carbons (Fsp3) is 0.238. The molecule has 0 aliphatic carbocycles. The molecule has 1 atom stereocenters. The first-order valence-electron chi connectivity index (χ1n) is 8.88. The Kier molecular flexibility index (Phi) is 5.37.